The Balaban J connectivity index is 4.01. The highest BCUT2D eigenvalue weighted by Crippen LogP contribution is 2.44. The maximum Gasteiger partial charge on any atom is 0.333 e. The van der Waals surface area contributed by atoms with Gasteiger partial charge in [-0.05, 0) is 136 Å². The third-order valence-electron chi connectivity index (χ3n) is 14.2. The monoisotopic (exact) mass is 943 g/mol. The summed E-state index contributed by atoms with van der Waals surface area (Å²) >= 11 is 0. The topological polar surface area (TPSA) is 89.5 Å². The van der Waals surface area contributed by atoms with Crippen LogP contribution in [0.3, 0.4) is 0 Å². The van der Waals surface area contributed by atoms with Crippen molar-refractivity contribution in [1.29, 1.82) is 0 Å². The second-order valence-corrected chi connectivity index (χ2v) is 35.7. The van der Waals surface area contributed by atoms with Crippen molar-refractivity contribution in [1.82, 2.24) is 0 Å². The number of esters is 1. The van der Waals surface area contributed by atoms with Crippen molar-refractivity contribution in [2.24, 2.45) is 23.7 Å². The number of carbonyl (C=O) groups is 2. The molecular weight excluding hydrogens is 849 g/mol. The van der Waals surface area contributed by atoms with Gasteiger partial charge >= 0.3 is 5.97 Å². The molecule has 0 unspecified atom stereocenters. The molecule has 0 aliphatic rings. The molecule has 0 amide bonds. The van der Waals surface area contributed by atoms with Gasteiger partial charge in [0.2, 0.25) is 0 Å². The average molecular weight is 944 g/mol. The summed E-state index contributed by atoms with van der Waals surface area (Å²) < 4.78 is 38.8. The van der Waals surface area contributed by atoms with Gasteiger partial charge in [0.25, 0.3) is 0 Å². The highest BCUT2D eigenvalue weighted by Gasteiger charge is 2.46. The normalized spacial score (nSPS) is 16.9. The van der Waals surface area contributed by atoms with Gasteiger partial charge in [-0.1, -0.05) is 125 Å². The van der Waals surface area contributed by atoms with Crippen LogP contribution in [0.1, 0.15) is 123 Å². The summed E-state index contributed by atoms with van der Waals surface area (Å²) in [5.41, 5.74) is 3.83. The number of carbonyl (C=O) groups excluding carboxylic acids is 2. The zero-order valence-corrected chi connectivity index (χ0v) is 47.6. The second-order valence-electron chi connectivity index (χ2n) is 21.4. The van der Waals surface area contributed by atoms with Gasteiger partial charge < -0.3 is 27.5 Å². The molecular formula is C53H94O8Si3. The predicted octanol–water partition coefficient (Wildman–Crippen LogP) is 14.5. The minimum absolute atomic E-state index is 0.00257. The molecule has 0 heterocycles. The van der Waals surface area contributed by atoms with E-state index in [4.69, 9.17) is 27.5 Å². The van der Waals surface area contributed by atoms with Crippen molar-refractivity contribution in [2.75, 3.05) is 26.9 Å². The molecule has 1 aromatic rings. The van der Waals surface area contributed by atoms with Gasteiger partial charge in [0, 0.05) is 11.5 Å². The van der Waals surface area contributed by atoms with Crippen LogP contribution in [0.25, 0.3) is 0 Å². The van der Waals surface area contributed by atoms with E-state index in [1.54, 1.807) is 13.2 Å². The Hall–Kier alpha value is -2.39. The van der Waals surface area contributed by atoms with Crippen LogP contribution >= 0.6 is 0 Å². The summed E-state index contributed by atoms with van der Waals surface area (Å²) in [4.78, 5) is 25.8. The van der Waals surface area contributed by atoms with Crippen LogP contribution in [-0.2, 0) is 38.9 Å². The lowest BCUT2D eigenvalue weighted by atomic mass is 9.74. The number of hydrogen-bond acceptors (Lipinski definition) is 8. The standard InChI is InChI=1S/C53H94O8Si3/c1-22-58-51(55)42(8)34-40(6)33-41(7)50(61-64(23-2,24-3)25-4)48(35-39(5)27-26-28-46(54)38-59-62(18,19)52(11,12)13)44(10)49(60-63(20,21)53(14,15)16)43(9)36-57-37-45-29-31-47(56-17)32-30-45/h26-34,41,43-44,48-50H,22-25,35-38H2,1-21H3/b28-26+,39-27-,40-33+,42-34+/t41-,43+,44-,48-,49+,50+/m0/s1. The number of methoxy groups -OCH3 is 1. The Labute approximate surface area is 395 Å². The van der Waals surface area contributed by atoms with Crippen LogP contribution in [0.15, 0.2) is 71.4 Å². The van der Waals surface area contributed by atoms with Crippen LogP contribution in [0.5, 0.6) is 5.75 Å². The Morgan fingerprint density at radius 1 is 0.781 bits per heavy atom. The van der Waals surface area contributed by atoms with Gasteiger partial charge in [0.1, 0.15) is 5.75 Å². The van der Waals surface area contributed by atoms with Crippen LogP contribution in [0, 0.1) is 23.7 Å². The molecule has 0 N–H and O–H groups in total. The fourth-order valence-corrected chi connectivity index (χ4v) is 13.0. The lowest BCUT2D eigenvalue weighted by Gasteiger charge is -2.47. The van der Waals surface area contributed by atoms with E-state index in [1.807, 2.05) is 38.1 Å². The van der Waals surface area contributed by atoms with E-state index in [-0.39, 0.29) is 64.3 Å². The quantitative estimate of drug-likeness (QED) is 0.0355. The first-order chi connectivity index (χ1) is 29.5. The molecule has 0 fully saturated rings. The van der Waals surface area contributed by atoms with E-state index in [2.05, 4.69) is 147 Å². The molecule has 6 atom stereocenters. The molecule has 0 saturated carbocycles. The van der Waals surface area contributed by atoms with E-state index in [0.717, 1.165) is 47.0 Å². The molecule has 0 aromatic heterocycles. The van der Waals surface area contributed by atoms with E-state index >= 15 is 0 Å². The van der Waals surface area contributed by atoms with Crippen LogP contribution in [0.4, 0.5) is 0 Å². The number of allylic oxidation sites excluding steroid dienone is 5. The zero-order valence-electron chi connectivity index (χ0n) is 44.6. The Morgan fingerprint density at radius 3 is 1.84 bits per heavy atom. The van der Waals surface area contributed by atoms with Crippen molar-refractivity contribution in [3.05, 3.63) is 76.9 Å². The largest absolute Gasteiger partial charge is 0.497 e. The van der Waals surface area contributed by atoms with Gasteiger partial charge in [0.15, 0.2) is 30.7 Å². The van der Waals surface area contributed by atoms with Crippen molar-refractivity contribution in [3.8, 4) is 5.75 Å². The average Bonchev–Trinajstić information content (AvgIpc) is 3.21. The molecule has 0 saturated heterocycles. The molecule has 0 spiro atoms. The Kier molecular flexibility index (Phi) is 25.0. The predicted molar refractivity (Wildman–Crippen MR) is 278 cm³/mol. The third kappa shape index (κ3) is 19.1. The third-order valence-corrected chi connectivity index (χ3v) is 27.8. The summed E-state index contributed by atoms with van der Waals surface area (Å²) in [5, 5.41) is 0.0191. The molecule has 11 heteroatoms. The minimum atomic E-state index is -2.29. The molecule has 8 nitrogen and oxygen atoms in total. The Morgan fingerprint density at radius 2 is 1.34 bits per heavy atom. The minimum Gasteiger partial charge on any atom is -0.497 e. The van der Waals surface area contributed by atoms with Crippen LogP contribution < -0.4 is 4.74 Å². The SMILES string of the molecule is CCOC(=O)/C(C)=C/C(C)=C/[C@H](C)[C@@H](O[Si](CC)(CC)CC)[C@@H](C/C(C)=C\C=C\C(=O)CO[Si](C)(C)C(C)(C)C)[C@H](C)[C@H](O[Si](C)(C)C(C)(C)C)[C@H](C)COCc1ccc(OC)cc1. The second kappa shape index (κ2) is 26.8. The molecule has 0 aliphatic carbocycles. The van der Waals surface area contributed by atoms with E-state index in [0.29, 0.717) is 25.4 Å². The molecule has 0 radical (unpaired) electrons. The number of hydrogen-bond donors (Lipinski definition) is 0. The highest BCUT2D eigenvalue weighted by atomic mass is 28.4. The van der Waals surface area contributed by atoms with Gasteiger partial charge in [-0.2, -0.15) is 0 Å². The van der Waals surface area contributed by atoms with Crippen molar-refractivity contribution >= 4 is 36.7 Å². The van der Waals surface area contributed by atoms with Crippen molar-refractivity contribution in [3.63, 3.8) is 0 Å². The number of benzene rings is 1. The number of ketones is 1. The maximum absolute atomic E-state index is 13.1. The number of rotatable bonds is 28. The molecule has 0 bridgehead atoms. The summed E-state index contributed by atoms with van der Waals surface area (Å²) in [7, 11) is -4.84. The van der Waals surface area contributed by atoms with Gasteiger partial charge in [-0.25, -0.2) is 4.79 Å². The molecule has 1 rings (SSSR count). The molecule has 64 heavy (non-hydrogen) atoms. The fraction of sp³-hybridized carbons (Fsp3) is 0.698. The Bertz CT molecular complexity index is 1680. The molecule has 1 aromatic carbocycles. The van der Waals surface area contributed by atoms with Crippen molar-refractivity contribution < 1.29 is 37.1 Å². The number of ether oxygens (including phenoxy) is 3. The summed E-state index contributed by atoms with van der Waals surface area (Å²) in [6, 6.07) is 11.1. The van der Waals surface area contributed by atoms with E-state index < -0.39 is 25.0 Å². The summed E-state index contributed by atoms with van der Waals surface area (Å²) in [6.45, 7) is 45.6. The van der Waals surface area contributed by atoms with Crippen LogP contribution in [0.2, 0.25) is 54.4 Å². The van der Waals surface area contributed by atoms with Gasteiger partial charge in [-0.15, -0.1) is 0 Å². The maximum atomic E-state index is 13.1. The first kappa shape index (κ1) is 59.6. The summed E-state index contributed by atoms with van der Waals surface area (Å²) in [6.07, 6.45) is 10.3. The molecule has 366 valence electrons. The summed E-state index contributed by atoms with van der Waals surface area (Å²) in [5.74, 6) is 0.650. The van der Waals surface area contributed by atoms with Gasteiger partial charge in [0.05, 0.1) is 45.7 Å². The first-order valence-corrected chi connectivity index (χ1v) is 32.5. The van der Waals surface area contributed by atoms with E-state index in [1.165, 1.54) is 0 Å². The zero-order chi connectivity index (χ0) is 49.3. The fourth-order valence-electron chi connectivity index (χ4n) is 7.63. The highest BCUT2D eigenvalue weighted by molar-refractivity contribution is 6.74. The first-order valence-electron chi connectivity index (χ1n) is 24.1. The lowest BCUT2D eigenvalue weighted by Crippen LogP contribution is -2.52. The smallest absolute Gasteiger partial charge is 0.333 e. The van der Waals surface area contributed by atoms with E-state index in [9.17, 15) is 9.59 Å². The molecule has 0 aliphatic heterocycles. The van der Waals surface area contributed by atoms with Gasteiger partial charge in [-0.3, -0.25) is 4.79 Å². The van der Waals surface area contributed by atoms with Crippen LogP contribution in [-0.4, -0.2) is 75.8 Å². The van der Waals surface area contributed by atoms with Crippen molar-refractivity contribution in [2.45, 2.75) is 190 Å². The lowest BCUT2D eigenvalue weighted by molar-refractivity contribution is -0.138.